The molecule has 0 aliphatic carbocycles. The quantitative estimate of drug-likeness (QED) is 0.518. The van der Waals surface area contributed by atoms with Gasteiger partial charge in [-0.05, 0) is 42.3 Å². The largest absolute Gasteiger partial charge is 0.416 e. The molecule has 0 radical (unpaired) electrons. The maximum Gasteiger partial charge on any atom is 0.416 e. The van der Waals surface area contributed by atoms with Crippen LogP contribution in [0.5, 0.6) is 0 Å². The standard InChI is InChI=1S/C20H15F3N4/c1-13-15(5-3-7-24-13)12-27-19-9-16(10-25-18(19)11-26-27)14-4-2-6-17(8-14)20(21,22)23/h2-11H,12H2,1H3. The summed E-state index contributed by atoms with van der Waals surface area (Å²) in [4.78, 5) is 8.63. The number of alkyl halides is 3. The van der Waals surface area contributed by atoms with E-state index >= 15 is 0 Å². The van der Waals surface area contributed by atoms with Gasteiger partial charge in [0.1, 0.15) is 5.52 Å². The van der Waals surface area contributed by atoms with Crippen LogP contribution in [-0.4, -0.2) is 19.7 Å². The predicted octanol–water partition coefficient (Wildman–Crippen LogP) is 4.87. The number of benzene rings is 1. The van der Waals surface area contributed by atoms with Gasteiger partial charge in [-0.1, -0.05) is 18.2 Å². The van der Waals surface area contributed by atoms with Crippen LogP contribution in [-0.2, 0) is 12.7 Å². The van der Waals surface area contributed by atoms with Crippen molar-refractivity contribution in [2.75, 3.05) is 0 Å². The fourth-order valence-electron chi connectivity index (χ4n) is 2.96. The van der Waals surface area contributed by atoms with Crippen molar-refractivity contribution in [1.29, 1.82) is 0 Å². The highest BCUT2D eigenvalue weighted by Crippen LogP contribution is 2.32. The van der Waals surface area contributed by atoms with Gasteiger partial charge in [-0.25, -0.2) is 0 Å². The molecule has 0 aliphatic heterocycles. The first kappa shape index (κ1) is 17.2. The van der Waals surface area contributed by atoms with Crippen molar-refractivity contribution in [2.45, 2.75) is 19.6 Å². The van der Waals surface area contributed by atoms with E-state index in [1.54, 1.807) is 29.3 Å². The lowest BCUT2D eigenvalue weighted by Crippen LogP contribution is -2.05. The summed E-state index contributed by atoms with van der Waals surface area (Å²) >= 11 is 0. The van der Waals surface area contributed by atoms with Gasteiger partial charge in [0, 0.05) is 23.7 Å². The fraction of sp³-hybridized carbons (Fsp3) is 0.150. The molecule has 0 saturated carbocycles. The summed E-state index contributed by atoms with van der Waals surface area (Å²) < 4.78 is 40.8. The van der Waals surface area contributed by atoms with Crippen LogP contribution in [0.25, 0.3) is 22.2 Å². The third-order valence-electron chi connectivity index (χ3n) is 4.45. The van der Waals surface area contributed by atoms with Crippen LogP contribution in [0.4, 0.5) is 13.2 Å². The summed E-state index contributed by atoms with van der Waals surface area (Å²) in [5.41, 5.74) is 3.76. The molecule has 4 aromatic rings. The van der Waals surface area contributed by atoms with Gasteiger partial charge in [0.15, 0.2) is 0 Å². The lowest BCUT2D eigenvalue weighted by molar-refractivity contribution is -0.137. The number of fused-ring (bicyclic) bond motifs is 1. The third kappa shape index (κ3) is 3.40. The number of hydrogen-bond donors (Lipinski definition) is 0. The normalized spacial score (nSPS) is 11.9. The van der Waals surface area contributed by atoms with Gasteiger partial charge >= 0.3 is 6.18 Å². The number of nitrogens with zero attached hydrogens (tertiary/aromatic N) is 4. The molecule has 1 aromatic carbocycles. The van der Waals surface area contributed by atoms with Crippen molar-refractivity contribution in [1.82, 2.24) is 19.7 Å². The molecule has 0 aliphatic rings. The molecular formula is C20H15F3N4. The summed E-state index contributed by atoms with van der Waals surface area (Å²) in [5.74, 6) is 0. The predicted molar refractivity (Wildman–Crippen MR) is 96.0 cm³/mol. The average molecular weight is 368 g/mol. The highest BCUT2D eigenvalue weighted by atomic mass is 19.4. The minimum absolute atomic E-state index is 0.463. The maximum absolute atomic E-state index is 13.0. The van der Waals surface area contributed by atoms with E-state index in [4.69, 9.17) is 0 Å². The lowest BCUT2D eigenvalue weighted by atomic mass is 10.0. The Bertz CT molecular complexity index is 1120. The Hall–Kier alpha value is -3.22. The molecule has 4 rings (SSSR count). The maximum atomic E-state index is 13.0. The van der Waals surface area contributed by atoms with Gasteiger partial charge in [-0.15, -0.1) is 0 Å². The van der Waals surface area contributed by atoms with Crippen LogP contribution >= 0.6 is 0 Å². The minimum Gasteiger partial charge on any atom is -0.261 e. The molecule has 0 N–H and O–H groups in total. The van der Waals surface area contributed by atoms with E-state index in [0.29, 0.717) is 23.2 Å². The SMILES string of the molecule is Cc1ncccc1Cn1ncc2ncc(-c3cccc(C(F)(F)F)c3)cc21. The molecule has 0 unspecified atom stereocenters. The van der Waals surface area contributed by atoms with Crippen molar-refractivity contribution in [3.63, 3.8) is 0 Å². The van der Waals surface area contributed by atoms with Crippen molar-refractivity contribution in [3.05, 3.63) is 77.9 Å². The molecule has 3 aromatic heterocycles. The highest BCUT2D eigenvalue weighted by molar-refractivity contribution is 5.80. The topological polar surface area (TPSA) is 43.6 Å². The zero-order chi connectivity index (χ0) is 19.0. The molecule has 136 valence electrons. The van der Waals surface area contributed by atoms with Crippen molar-refractivity contribution >= 4 is 11.0 Å². The van der Waals surface area contributed by atoms with E-state index in [1.807, 2.05) is 25.1 Å². The van der Waals surface area contributed by atoms with E-state index in [0.717, 1.165) is 28.9 Å². The Morgan fingerprint density at radius 2 is 1.81 bits per heavy atom. The van der Waals surface area contributed by atoms with Gasteiger partial charge in [0.25, 0.3) is 0 Å². The second-order valence-electron chi connectivity index (χ2n) is 6.26. The first-order valence-electron chi connectivity index (χ1n) is 8.31. The average Bonchev–Trinajstić information content (AvgIpc) is 3.05. The van der Waals surface area contributed by atoms with Crippen molar-refractivity contribution < 1.29 is 13.2 Å². The van der Waals surface area contributed by atoms with Crippen LogP contribution in [0, 0.1) is 6.92 Å². The fourth-order valence-corrected chi connectivity index (χ4v) is 2.96. The molecule has 27 heavy (non-hydrogen) atoms. The van der Waals surface area contributed by atoms with Gasteiger partial charge in [-0.3, -0.25) is 14.6 Å². The van der Waals surface area contributed by atoms with E-state index in [-0.39, 0.29) is 0 Å². The van der Waals surface area contributed by atoms with Crippen LogP contribution in [0.3, 0.4) is 0 Å². The molecule has 0 amide bonds. The molecule has 0 spiro atoms. The second kappa shape index (κ2) is 6.50. The smallest absolute Gasteiger partial charge is 0.261 e. The third-order valence-corrected chi connectivity index (χ3v) is 4.45. The monoisotopic (exact) mass is 368 g/mol. The molecule has 0 bridgehead atoms. The second-order valence-corrected chi connectivity index (χ2v) is 6.26. The number of hydrogen-bond acceptors (Lipinski definition) is 3. The number of pyridine rings is 2. The molecule has 7 heteroatoms. The first-order valence-corrected chi connectivity index (χ1v) is 8.31. The number of halogens is 3. The van der Waals surface area contributed by atoms with Crippen LogP contribution in [0.1, 0.15) is 16.8 Å². The number of aromatic nitrogens is 4. The Morgan fingerprint density at radius 3 is 2.59 bits per heavy atom. The molecular weight excluding hydrogens is 353 g/mol. The summed E-state index contributed by atoms with van der Waals surface area (Å²) in [6.07, 6.45) is 0.566. The van der Waals surface area contributed by atoms with Crippen molar-refractivity contribution in [2.24, 2.45) is 0 Å². The molecule has 0 atom stereocenters. The number of aryl methyl sites for hydroxylation is 1. The highest BCUT2D eigenvalue weighted by Gasteiger charge is 2.30. The van der Waals surface area contributed by atoms with E-state index in [9.17, 15) is 13.2 Å². The summed E-state index contributed by atoms with van der Waals surface area (Å²) in [6, 6.07) is 10.9. The molecule has 0 saturated heterocycles. The van der Waals surface area contributed by atoms with E-state index in [2.05, 4.69) is 15.1 Å². The van der Waals surface area contributed by atoms with Gasteiger partial charge in [0.2, 0.25) is 0 Å². The van der Waals surface area contributed by atoms with Crippen LogP contribution in [0.15, 0.2) is 61.1 Å². The molecule has 4 nitrogen and oxygen atoms in total. The van der Waals surface area contributed by atoms with Crippen LogP contribution < -0.4 is 0 Å². The Balaban J connectivity index is 1.76. The lowest BCUT2D eigenvalue weighted by Gasteiger charge is -2.10. The van der Waals surface area contributed by atoms with Crippen molar-refractivity contribution in [3.8, 4) is 11.1 Å². The Labute approximate surface area is 153 Å². The Morgan fingerprint density at radius 1 is 0.963 bits per heavy atom. The summed E-state index contributed by atoms with van der Waals surface area (Å²) in [6.45, 7) is 2.43. The zero-order valence-electron chi connectivity index (χ0n) is 14.4. The first-order chi connectivity index (χ1) is 12.9. The van der Waals surface area contributed by atoms with Gasteiger partial charge in [-0.2, -0.15) is 18.3 Å². The Kier molecular flexibility index (Phi) is 4.14. The van der Waals surface area contributed by atoms with Gasteiger partial charge in [0.05, 0.1) is 23.8 Å². The van der Waals surface area contributed by atoms with Gasteiger partial charge < -0.3 is 0 Å². The zero-order valence-corrected chi connectivity index (χ0v) is 14.4. The van der Waals surface area contributed by atoms with Crippen LogP contribution in [0.2, 0.25) is 0 Å². The number of rotatable bonds is 3. The minimum atomic E-state index is -4.38. The summed E-state index contributed by atoms with van der Waals surface area (Å²) in [7, 11) is 0. The molecule has 0 fully saturated rings. The van der Waals surface area contributed by atoms with E-state index < -0.39 is 11.7 Å². The summed E-state index contributed by atoms with van der Waals surface area (Å²) in [5, 5.41) is 4.37. The molecule has 3 heterocycles. The van der Waals surface area contributed by atoms with E-state index in [1.165, 1.54) is 6.07 Å².